The molecular weight excluding hydrogens is 216 g/mol. The molecule has 1 aromatic rings. The van der Waals surface area contributed by atoms with Gasteiger partial charge in [-0.05, 0) is 24.6 Å². The van der Waals surface area contributed by atoms with E-state index in [0.717, 1.165) is 18.5 Å². The minimum atomic E-state index is -0.205. The molecule has 0 radical (unpaired) electrons. The Morgan fingerprint density at radius 2 is 2.24 bits per heavy atom. The van der Waals surface area contributed by atoms with E-state index in [4.69, 9.17) is 10.5 Å². The number of esters is 1. The van der Waals surface area contributed by atoms with Crippen LogP contribution in [0.25, 0.3) is 0 Å². The first kappa shape index (κ1) is 13.4. The Morgan fingerprint density at radius 1 is 1.47 bits per heavy atom. The number of ether oxygens (including phenoxy) is 1. The highest BCUT2D eigenvalue weighted by Gasteiger charge is 2.08. The minimum absolute atomic E-state index is 0.205. The average Bonchev–Trinajstić information content (AvgIpc) is 2.29. The highest BCUT2D eigenvalue weighted by atomic mass is 16.5. The van der Waals surface area contributed by atoms with Gasteiger partial charge in [-0.15, -0.1) is 0 Å². The summed E-state index contributed by atoms with van der Waals surface area (Å²) in [5, 5.41) is 0. The highest BCUT2D eigenvalue weighted by molar-refractivity contribution is 5.76. The first-order valence-corrected chi connectivity index (χ1v) is 5.85. The Morgan fingerprint density at radius 3 is 2.88 bits per heavy atom. The number of hydrogen-bond donors (Lipinski definition) is 1. The molecule has 0 unspecified atom stereocenters. The van der Waals surface area contributed by atoms with Gasteiger partial charge < -0.3 is 15.4 Å². The number of benzene rings is 1. The van der Waals surface area contributed by atoms with Crippen LogP contribution in [-0.4, -0.2) is 26.2 Å². The molecule has 0 bridgehead atoms. The van der Waals surface area contributed by atoms with Gasteiger partial charge in [0.15, 0.2) is 0 Å². The number of carbonyl (C=O) groups excluding carboxylic acids is 1. The highest BCUT2D eigenvalue weighted by Crippen LogP contribution is 2.15. The molecule has 17 heavy (non-hydrogen) atoms. The predicted molar refractivity (Wildman–Crippen MR) is 70.0 cm³/mol. The molecule has 94 valence electrons. The largest absolute Gasteiger partial charge is 0.464 e. The van der Waals surface area contributed by atoms with Crippen LogP contribution in [0.4, 0.5) is 11.4 Å². The van der Waals surface area contributed by atoms with Crippen LogP contribution in [0.15, 0.2) is 24.3 Å². The summed E-state index contributed by atoms with van der Waals surface area (Å²) in [4.78, 5) is 13.3. The number of nitrogens with zero attached hydrogens (tertiary/aromatic N) is 1. The van der Waals surface area contributed by atoms with Crippen LogP contribution in [0.5, 0.6) is 0 Å². The van der Waals surface area contributed by atoms with E-state index in [0.29, 0.717) is 12.3 Å². The van der Waals surface area contributed by atoms with Gasteiger partial charge in [-0.1, -0.05) is 19.4 Å². The summed E-state index contributed by atoms with van der Waals surface area (Å²) < 4.78 is 5.09. The van der Waals surface area contributed by atoms with E-state index >= 15 is 0 Å². The lowest BCUT2D eigenvalue weighted by Crippen LogP contribution is -2.27. The lowest BCUT2D eigenvalue weighted by molar-refractivity contribution is -0.142. The topological polar surface area (TPSA) is 55.6 Å². The van der Waals surface area contributed by atoms with Crippen molar-refractivity contribution < 1.29 is 9.53 Å². The monoisotopic (exact) mass is 236 g/mol. The number of likely N-dealkylation sites (N-methyl/N-ethyl adjacent to an activating group) is 1. The number of unbranched alkanes of at least 4 members (excludes halogenated alkanes) is 1. The van der Waals surface area contributed by atoms with Crippen molar-refractivity contribution in [2.45, 2.75) is 19.8 Å². The number of nitrogens with two attached hydrogens (primary N) is 1. The fourth-order valence-corrected chi connectivity index (χ4v) is 1.42. The summed E-state index contributed by atoms with van der Waals surface area (Å²) in [6.07, 6.45) is 1.94. The van der Waals surface area contributed by atoms with Gasteiger partial charge in [0.05, 0.1) is 6.61 Å². The van der Waals surface area contributed by atoms with Gasteiger partial charge >= 0.3 is 5.97 Å². The van der Waals surface area contributed by atoms with E-state index in [1.165, 1.54) is 0 Å². The normalized spacial score (nSPS) is 10.0. The van der Waals surface area contributed by atoms with Gasteiger partial charge in [-0.2, -0.15) is 0 Å². The fraction of sp³-hybridized carbons (Fsp3) is 0.462. The molecule has 0 atom stereocenters. The molecule has 0 amide bonds. The number of carbonyl (C=O) groups is 1. The maximum atomic E-state index is 11.5. The van der Waals surface area contributed by atoms with Crippen molar-refractivity contribution in [1.29, 1.82) is 0 Å². The molecule has 0 spiro atoms. The van der Waals surface area contributed by atoms with Crippen LogP contribution in [0.3, 0.4) is 0 Å². The van der Waals surface area contributed by atoms with Crippen molar-refractivity contribution in [3.63, 3.8) is 0 Å². The van der Waals surface area contributed by atoms with Gasteiger partial charge in [0.25, 0.3) is 0 Å². The molecule has 0 fully saturated rings. The van der Waals surface area contributed by atoms with Crippen LogP contribution in [0, 0.1) is 0 Å². The van der Waals surface area contributed by atoms with Crippen molar-refractivity contribution in [3.8, 4) is 0 Å². The molecule has 4 nitrogen and oxygen atoms in total. The zero-order valence-corrected chi connectivity index (χ0v) is 10.5. The van der Waals surface area contributed by atoms with Crippen molar-refractivity contribution in [2.24, 2.45) is 0 Å². The lowest BCUT2D eigenvalue weighted by atomic mass is 10.2. The van der Waals surface area contributed by atoms with E-state index < -0.39 is 0 Å². The molecule has 4 heteroatoms. The van der Waals surface area contributed by atoms with E-state index in [2.05, 4.69) is 6.92 Å². The molecule has 0 aliphatic rings. The minimum Gasteiger partial charge on any atom is -0.464 e. The van der Waals surface area contributed by atoms with Crippen LogP contribution in [0.2, 0.25) is 0 Å². The van der Waals surface area contributed by atoms with Crippen molar-refractivity contribution >= 4 is 17.3 Å². The van der Waals surface area contributed by atoms with Gasteiger partial charge in [0, 0.05) is 18.4 Å². The molecule has 0 saturated heterocycles. The van der Waals surface area contributed by atoms with Crippen LogP contribution in [-0.2, 0) is 9.53 Å². The Hall–Kier alpha value is -1.71. The quantitative estimate of drug-likeness (QED) is 0.466. The summed E-state index contributed by atoms with van der Waals surface area (Å²) in [7, 11) is 1.84. The average molecular weight is 236 g/mol. The van der Waals surface area contributed by atoms with Crippen LogP contribution >= 0.6 is 0 Å². The zero-order chi connectivity index (χ0) is 12.7. The molecule has 0 aliphatic carbocycles. The number of anilines is 2. The maximum Gasteiger partial charge on any atom is 0.325 e. The first-order chi connectivity index (χ1) is 8.13. The second-order valence-electron chi connectivity index (χ2n) is 4.03. The predicted octanol–water partition coefficient (Wildman–Crippen LogP) is 2.05. The molecule has 0 saturated carbocycles. The van der Waals surface area contributed by atoms with Crippen LogP contribution < -0.4 is 10.6 Å². The van der Waals surface area contributed by atoms with Gasteiger partial charge in [-0.25, -0.2) is 0 Å². The number of rotatable bonds is 6. The second-order valence-corrected chi connectivity index (χ2v) is 4.03. The van der Waals surface area contributed by atoms with Crippen molar-refractivity contribution in [3.05, 3.63) is 24.3 Å². The summed E-state index contributed by atoms with van der Waals surface area (Å²) in [6, 6.07) is 7.43. The molecular formula is C13H20N2O2. The SMILES string of the molecule is CCCCOC(=O)CN(C)c1cccc(N)c1. The Labute approximate surface area is 102 Å². The standard InChI is InChI=1S/C13H20N2O2/c1-3-4-8-17-13(16)10-15(2)12-7-5-6-11(14)9-12/h5-7,9H,3-4,8,10,14H2,1-2H3. The molecule has 1 rings (SSSR count). The van der Waals surface area contributed by atoms with Crippen LogP contribution in [0.1, 0.15) is 19.8 Å². The van der Waals surface area contributed by atoms with E-state index in [1.54, 1.807) is 0 Å². The third-order valence-electron chi connectivity index (χ3n) is 2.44. The van der Waals surface area contributed by atoms with Gasteiger partial charge in [0.1, 0.15) is 6.54 Å². The Kier molecular flexibility index (Phi) is 5.33. The summed E-state index contributed by atoms with van der Waals surface area (Å²) in [5.41, 5.74) is 7.29. The van der Waals surface area contributed by atoms with E-state index in [9.17, 15) is 4.79 Å². The number of nitrogen functional groups attached to an aromatic ring is 1. The second kappa shape index (κ2) is 6.78. The Balaban J connectivity index is 2.43. The third kappa shape index (κ3) is 4.76. The van der Waals surface area contributed by atoms with Crippen molar-refractivity contribution in [1.82, 2.24) is 0 Å². The smallest absolute Gasteiger partial charge is 0.325 e. The molecule has 0 heterocycles. The molecule has 2 N–H and O–H groups in total. The third-order valence-corrected chi connectivity index (χ3v) is 2.44. The van der Waals surface area contributed by atoms with E-state index in [1.807, 2.05) is 36.2 Å². The van der Waals surface area contributed by atoms with Crippen molar-refractivity contribution in [2.75, 3.05) is 30.8 Å². The van der Waals surface area contributed by atoms with E-state index in [-0.39, 0.29) is 12.5 Å². The molecule has 0 aliphatic heterocycles. The van der Waals surface area contributed by atoms with Gasteiger partial charge in [0.2, 0.25) is 0 Å². The first-order valence-electron chi connectivity index (χ1n) is 5.85. The molecule has 1 aromatic carbocycles. The fourth-order valence-electron chi connectivity index (χ4n) is 1.42. The molecule has 0 aromatic heterocycles. The lowest BCUT2D eigenvalue weighted by Gasteiger charge is -2.18. The number of hydrogen-bond acceptors (Lipinski definition) is 4. The Bertz CT molecular complexity index is 366. The zero-order valence-electron chi connectivity index (χ0n) is 10.5. The summed E-state index contributed by atoms with van der Waals surface area (Å²) in [6.45, 7) is 2.81. The summed E-state index contributed by atoms with van der Waals surface area (Å²) in [5.74, 6) is -0.205. The van der Waals surface area contributed by atoms with Gasteiger partial charge in [-0.3, -0.25) is 4.79 Å². The summed E-state index contributed by atoms with van der Waals surface area (Å²) >= 11 is 0. The maximum absolute atomic E-state index is 11.5.